The summed E-state index contributed by atoms with van der Waals surface area (Å²) < 4.78 is 6.90. The molecule has 1 amide bonds. The van der Waals surface area contributed by atoms with Crippen molar-refractivity contribution in [3.8, 4) is 0 Å². The number of carbonyl (C=O) groups excluding carboxylic acids is 1. The van der Waals surface area contributed by atoms with Crippen LogP contribution in [0.5, 0.6) is 0 Å². The van der Waals surface area contributed by atoms with E-state index in [1.807, 2.05) is 30.3 Å². The fourth-order valence-electron chi connectivity index (χ4n) is 5.96. The number of anilines is 1. The number of amides is 1. The van der Waals surface area contributed by atoms with Gasteiger partial charge in [-0.25, -0.2) is 0 Å². The van der Waals surface area contributed by atoms with Gasteiger partial charge in [0.05, 0.1) is 18.4 Å². The van der Waals surface area contributed by atoms with Gasteiger partial charge < -0.3 is 19.6 Å². The predicted octanol–water partition coefficient (Wildman–Crippen LogP) is 6.55. The van der Waals surface area contributed by atoms with Crippen molar-refractivity contribution in [2.75, 3.05) is 31.1 Å². The number of fused-ring (bicyclic) bond motifs is 2. The highest BCUT2D eigenvalue weighted by Gasteiger charge is 2.35. The van der Waals surface area contributed by atoms with Crippen molar-refractivity contribution in [1.29, 1.82) is 0 Å². The summed E-state index contributed by atoms with van der Waals surface area (Å²) in [4.78, 5) is 29.2. The number of ether oxygens (including phenoxy) is 1. The minimum atomic E-state index is -0.835. The molecule has 1 N–H and O–H groups in total. The fourth-order valence-corrected chi connectivity index (χ4v) is 6.14. The van der Waals surface area contributed by atoms with Crippen LogP contribution in [0.3, 0.4) is 0 Å². The Morgan fingerprint density at radius 3 is 2.56 bits per heavy atom. The van der Waals surface area contributed by atoms with E-state index in [0.29, 0.717) is 31.0 Å². The smallest absolute Gasteiger partial charge is 0.308 e. The molecule has 3 atom stereocenters. The number of benzene rings is 3. The molecule has 0 saturated carbocycles. The van der Waals surface area contributed by atoms with Gasteiger partial charge in [0.25, 0.3) is 0 Å². The van der Waals surface area contributed by atoms with E-state index in [1.54, 1.807) is 4.90 Å². The first-order valence-corrected chi connectivity index (χ1v) is 14.1. The van der Waals surface area contributed by atoms with Crippen molar-refractivity contribution in [3.63, 3.8) is 0 Å². The van der Waals surface area contributed by atoms with E-state index in [1.165, 1.54) is 0 Å². The number of carbonyl (C=O) groups is 2. The van der Waals surface area contributed by atoms with Crippen LogP contribution in [0, 0.1) is 11.3 Å². The van der Waals surface area contributed by atoms with Crippen molar-refractivity contribution < 1.29 is 19.4 Å². The number of carboxylic acids is 1. The van der Waals surface area contributed by atoms with Gasteiger partial charge in [0, 0.05) is 42.5 Å². The van der Waals surface area contributed by atoms with Gasteiger partial charge in [-0.3, -0.25) is 9.59 Å². The highest BCUT2D eigenvalue weighted by Crippen LogP contribution is 2.42. The molecule has 1 unspecified atom stereocenters. The number of hydrogen-bond acceptors (Lipinski definition) is 4. The maximum absolute atomic E-state index is 13.5. The van der Waals surface area contributed by atoms with Gasteiger partial charge in [-0.15, -0.1) is 0 Å². The summed E-state index contributed by atoms with van der Waals surface area (Å²) in [6, 6.07) is 20.5. The molecule has 5 rings (SSSR count). The third kappa shape index (κ3) is 6.23. The van der Waals surface area contributed by atoms with E-state index in [-0.39, 0.29) is 30.4 Å². The average molecular weight is 549 g/mol. The maximum Gasteiger partial charge on any atom is 0.308 e. The van der Waals surface area contributed by atoms with E-state index in [0.717, 1.165) is 34.1 Å². The summed E-state index contributed by atoms with van der Waals surface area (Å²) in [5.41, 5.74) is 3.09. The fraction of sp³-hybridized carbons (Fsp3) is 0.438. The molecule has 2 heterocycles. The van der Waals surface area contributed by atoms with Gasteiger partial charge in [0.15, 0.2) is 0 Å². The Morgan fingerprint density at radius 1 is 1.03 bits per heavy atom. The lowest BCUT2D eigenvalue weighted by molar-refractivity contribution is -0.146. The molecule has 1 fully saturated rings. The topological polar surface area (TPSA) is 70.1 Å². The summed E-state index contributed by atoms with van der Waals surface area (Å²) in [5, 5.41) is 12.4. The van der Waals surface area contributed by atoms with Crippen LogP contribution in [0.4, 0.5) is 5.69 Å². The zero-order chi connectivity index (χ0) is 27.7. The monoisotopic (exact) mass is 548 g/mol. The molecule has 2 aliphatic heterocycles. The summed E-state index contributed by atoms with van der Waals surface area (Å²) >= 11 is 6.56. The van der Waals surface area contributed by atoms with Crippen LogP contribution >= 0.6 is 11.6 Å². The SMILES string of the molecule is CC(C)(C)CN1C[C@H](CC(=O)N2CCCC(C(=O)O)C2)O[C@@H](c2cccc3ccccc23)c2cc(Cl)ccc21. The summed E-state index contributed by atoms with van der Waals surface area (Å²) in [6.45, 7) is 8.79. The Hall–Kier alpha value is -3.09. The number of likely N-dealkylation sites (tertiary alicyclic amines) is 1. The van der Waals surface area contributed by atoms with Gasteiger partial charge in [0.2, 0.25) is 5.91 Å². The van der Waals surface area contributed by atoms with Crippen LogP contribution in [-0.4, -0.2) is 54.2 Å². The number of hydrogen-bond donors (Lipinski definition) is 1. The maximum atomic E-state index is 13.5. The molecule has 1 saturated heterocycles. The van der Waals surface area contributed by atoms with Crippen LogP contribution in [-0.2, 0) is 14.3 Å². The number of aliphatic carboxylic acids is 1. The molecule has 6 nitrogen and oxygen atoms in total. The largest absolute Gasteiger partial charge is 0.481 e. The number of halogens is 1. The standard InChI is InChI=1S/C32H37ClN2O4/c1-32(2,3)20-35-19-24(17-29(36)34-15-7-10-22(18-34)31(37)38)39-30(27-16-23(33)13-14-28(27)35)26-12-6-9-21-8-4-5-11-25(21)26/h4-6,8-9,11-14,16,22,24,30H,7,10,15,17-20H2,1-3H3,(H,37,38)/t22?,24-,30-/m0/s1. The minimum Gasteiger partial charge on any atom is -0.481 e. The third-order valence-corrected chi connectivity index (χ3v) is 7.90. The molecule has 3 aromatic carbocycles. The van der Waals surface area contributed by atoms with E-state index < -0.39 is 18.0 Å². The predicted molar refractivity (Wildman–Crippen MR) is 155 cm³/mol. The molecule has 0 spiro atoms. The zero-order valence-electron chi connectivity index (χ0n) is 22.9. The van der Waals surface area contributed by atoms with Crippen molar-refractivity contribution in [3.05, 3.63) is 76.8 Å². The zero-order valence-corrected chi connectivity index (χ0v) is 23.7. The van der Waals surface area contributed by atoms with Crippen LogP contribution in [0.25, 0.3) is 10.8 Å². The molecule has 0 aliphatic carbocycles. The number of nitrogens with zero attached hydrogens (tertiary/aromatic N) is 2. The van der Waals surface area contributed by atoms with Crippen LogP contribution in [0.15, 0.2) is 60.7 Å². The Morgan fingerprint density at radius 2 is 1.79 bits per heavy atom. The first-order valence-electron chi connectivity index (χ1n) is 13.8. The van der Waals surface area contributed by atoms with Gasteiger partial charge in [-0.1, -0.05) is 74.8 Å². The molecule has 39 heavy (non-hydrogen) atoms. The van der Waals surface area contributed by atoms with Crippen LogP contribution in [0.1, 0.15) is 57.3 Å². The Labute approximate surface area is 235 Å². The lowest BCUT2D eigenvalue weighted by Crippen LogP contribution is -2.45. The highest BCUT2D eigenvalue weighted by atomic mass is 35.5. The second kappa shape index (κ2) is 11.2. The van der Waals surface area contributed by atoms with Gasteiger partial charge in [-0.05, 0) is 52.8 Å². The minimum absolute atomic E-state index is 0.00627. The number of piperidine rings is 1. The Bertz CT molecular complexity index is 1360. The number of carboxylic acid groups (broad SMARTS) is 1. The summed E-state index contributed by atoms with van der Waals surface area (Å²) in [7, 11) is 0. The normalized spacial score (nSPS) is 21.9. The molecule has 0 bridgehead atoms. The Kier molecular flexibility index (Phi) is 7.88. The van der Waals surface area contributed by atoms with Crippen LogP contribution in [0.2, 0.25) is 5.02 Å². The lowest BCUT2D eigenvalue weighted by Gasteiger charge is -2.34. The molecular weight excluding hydrogens is 512 g/mol. The van der Waals surface area contributed by atoms with E-state index in [2.05, 4.69) is 56.0 Å². The number of rotatable bonds is 5. The van der Waals surface area contributed by atoms with Crippen molar-refractivity contribution in [2.24, 2.45) is 11.3 Å². The molecule has 0 aromatic heterocycles. The molecule has 7 heteroatoms. The molecule has 0 radical (unpaired) electrons. The molecule has 2 aliphatic rings. The van der Waals surface area contributed by atoms with Crippen LogP contribution < -0.4 is 4.90 Å². The van der Waals surface area contributed by atoms with Gasteiger partial charge in [0.1, 0.15) is 6.10 Å². The van der Waals surface area contributed by atoms with E-state index in [4.69, 9.17) is 16.3 Å². The quantitative estimate of drug-likeness (QED) is 0.391. The third-order valence-electron chi connectivity index (χ3n) is 7.66. The highest BCUT2D eigenvalue weighted by molar-refractivity contribution is 6.30. The van der Waals surface area contributed by atoms with Crippen molar-refractivity contribution in [1.82, 2.24) is 4.90 Å². The molecule has 206 valence electrons. The van der Waals surface area contributed by atoms with Gasteiger partial charge in [-0.2, -0.15) is 0 Å². The van der Waals surface area contributed by atoms with Crippen molar-refractivity contribution in [2.45, 2.75) is 52.2 Å². The average Bonchev–Trinajstić information content (AvgIpc) is 3.03. The second-order valence-corrected chi connectivity index (χ2v) is 12.5. The summed E-state index contributed by atoms with van der Waals surface area (Å²) in [6.07, 6.45) is 0.696. The van der Waals surface area contributed by atoms with Crippen molar-refractivity contribution >= 4 is 39.9 Å². The summed E-state index contributed by atoms with van der Waals surface area (Å²) in [5.74, 6) is -1.40. The van der Waals surface area contributed by atoms with Gasteiger partial charge >= 0.3 is 5.97 Å². The molecular formula is C32H37ClN2O4. The van der Waals surface area contributed by atoms with E-state index in [9.17, 15) is 14.7 Å². The first kappa shape index (κ1) is 27.5. The first-order chi connectivity index (χ1) is 18.6. The van der Waals surface area contributed by atoms with E-state index >= 15 is 0 Å². The second-order valence-electron chi connectivity index (χ2n) is 12.1. The Balaban J connectivity index is 1.54. The molecule has 3 aromatic rings. The lowest BCUT2D eigenvalue weighted by atomic mass is 9.93.